The molecule has 0 aliphatic carbocycles. The molecule has 1 fully saturated rings. The number of H-pyrrole nitrogens is 1. The maximum Gasteiger partial charge on any atom is 0.283 e. The van der Waals surface area contributed by atoms with Gasteiger partial charge in [-0.15, -0.1) is 11.3 Å². The number of nitrogens with one attached hydrogen (secondary N) is 1. The maximum atomic E-state index is 12.4. The van der Waals surface area contributed by atoms with E-state index in [4.69, 9.17) is 0 Å². The standard InChI is InChI=1S/C11H13N5OS/c1-7-5-18-10(14-7)11(17)16-4-2-3-8(16)9-12-6-13-15-9/h5-6,8H,2-4H2,1H3,(H,12,13,15)/t8-/m1/s1. The third-order valence-corrected chi connectivity index (χ3v) is 4.01. The smallest absolute Gasteiger partial charge is 0.283 e. The topological polar surface area (TPSA) is 74.8 Å². The lowest BCUT2D eigenvalue weighted by Gasteiger charge is -2.21. The van der Waals surface area contributed by atoms with Crippen molar-refractivity contribution in [1.82, 2.24) is 25.1 Å². The first kappa shape index (κ1) is 11.3. The molecule has 1 aliphatic heterocycles. The van der Waals surface area contributed by atoms with Gasteiger partial charge in [0.25, 0.3) is 5.91 Å². The number of carbonyl (C=O) groups is 1. The van der Waals surface area contributed by atoms with Crippen LogP contribution in [0.5, 0.6) is 0 Å². The molecule has 2 aromatic heterocycles. The summed E-state index contributed by atoms with van der Waals surface area (Å²) in [5.41, 5.74) is 0.888. The lowest BCUT2D eigenvalue weighted by Crippen LogP contribution is -2.31. The SMILES string of the molecule is Cc1csc(C(=O)N2CCC[C@@H]2c2ncn[nH]2)n1. The Hall–Kier alpha value is -1.76. The second-order valence-corrected chi connectivity index (χ2v) is 5.18. The Morgan fingerprint density at radius 3 is 3.17 bits per heavy atom. The molecule has 0 saturated carbocycles. The highest BCUT2D eigenvalue weighted by Crippen LogP contribution is 2.31. The van der Waals surface area contributed by atoms with Gasteiger partial charge in [-0.25, -0.2) is 9.97 Å². The van der Waals surface area contributed by atoms with Crippen molar-refractivity contribution in [2.45, 2.75) is 25.8 Å². The van der Waals surface area contributed by atoms with Crippen LogP contribution in [0.1, 0.15) is 40.2 Å². The molecular formula is C11H13N5OS. The molecule has 1 saturated heterocycles. The third-order valence-electron chi connectivity index (χ3n) is 3.06. The van der Waals surface area contributed by atoms with Gasteiger partial charge in [-0.2, -0.15) is 5.10 Å². The van der Waals surface area contributed by atoms with Crippen LogP contribution in [-0.2, 0) is 0 Å². The molecular weight excluding hydrogens is 250 g/mol. The summed E-state index contributed by atoms with van der Waals surface area (Å²) in [4.78, 5) is 22.6. The molecule has 6 nitrogen and oxygen atoms in total. The Labute approximate surface area is 108 Å². The molecule has 94 valence electrons. The van der Waals surface area contributed by atoms with Gasteiger partial charge in [-0.3, -0.25) is 9.89 Å². The summed E-state index contributed by atoms with van der Waals surface area (Å²) in [6.45, 7) is 2.65. The third kappa shape index (κ3) is 1.90. The van der Waals surface area contributed by atoms with E-state index in [0.29, 0.717) is 5.01 Å². The van der Waals surface area contributed by atoms with E-state index in [-0.39, 0.29) is 11.9 Å². The number of amides is 1. The number of carbonyl (C=O) groups excluding carboxylic acids is 1. The van der Waals surface area contributed by atoms with Crippen molar-refractivity contribution in [3.63, 3.8) is 0 Å². The molecule has 1 aliphatic rings. The van der Waals surface area contributed by atoms with Crippen LogP contribution in [0.4, 0.5) is 0 Å². The fourth-order valence-corrected chi connectivity index (χ4v) is 2.99. The van der Waals surface area contributed by atoms with Crippen molar-refractivity contribution in [3.8, 4) is 0 Å². The maximum absolute atomic E-state index is 12.4. The highest BCUT2D eigenvalue weighted by molar-refractivity contribution is 7.11. The average Bonchev–Trinajstić information content (AvgIpc) is 3.08. The second-order valence-electron chi connectivity index (χ2n) is 4.32. The molecule has 1 N–H and O–H groups in total. The van der Waals surface area contributed by atoms with Crippen LogP contribution in [-0.4, -0.2) is 37.5 Å². The summed E-state index contributed by atoms with van der Waals surface area (Å²) >= 11 is 1.40. The van der Waals surface area contributed by atoms with Crippen LogP contribution >= 0.6 is 11.3 Å². The second kappa shape index (κ2) is 4.49. The Bertz CT molecular complexity index is 550. The minimum Gasteiger partial charge on any atom is -0.326 e. The van der Waals surface area contributed by atoms with Gasteiger partial charge in [0.1, 0.15) is 12.2 Å². The molecule has 0 aromatic carbocycles. The van der Waals surface area contributed by atoms with E-state index in [1.165, 1.54) is 17.7 Å². The van der Waals surface area contributed by atoms with Gasteiger partial charge >= 0.3 is 0 Å². The molecule has 3 rings (SSSR count). The predicted octanol–water partition coefficient (Wildman–Crippen LogP) is 1.55. The summed E-state index contributed by atoms with van der Waals surface area (Å²) in [6.07, 6.45) is 3.39. The number of aryl methyl sites for hydroxylation is 1. The Morgan fingerprint density at radius 2 is 2.50 bits per heavy atom. The molecule has 7 heteroatoms. The van der Waals surface area contributed by atoms with E-state index < -0.39 is 0 Å². The van der Waals surface area contributed by atoms with E-state index in [1.807, 2.05) is 17.2 Å². The molecule has 1 atom stereocenters. The van der Waals surface area contributed by atoms with E-state index >= 15 is 0 Å². The van der Waals surface area contributed by atoms with E-state index in [0.717, 1.165) is 30.9 Å². The minimum absolute atomic E-state index is 0.00389. The van der Waals surface area contributed by atoms with Crippen molar-refractivity contribution in [1.29, 1.82) is 0 Å². The van der Waals surface area contributed by atoms with Gasteiger partial charge in [-0.05, 0) is 19.8 Å². The number of rotatable bonds is 2. The van der Waals surface area contributed by atoms with Crippen molar-refractivity contribution in [2.75, 3.05) is 6.54 Å². The van der Waals surface area contributed by atoms with Gasteiger partial charge in [0.05, 0.1) is 6.04 Å². The van der Waals surface area contributed by atoms with Crippen LogP contribution in [0.3, 0.4) is 0 Å². The monoisotopic (exact) mass is 263 g/mol. The lowest BCUT2D eigenvalue weighted by molar-refractivity contribution is 0.0729. The van der Waals surface area contributed by atoms with E-state index in [9.17, 15) is 4.79 Å². The molecule has 0 spiro atoms. The number of nitrogens with zero attached hydrogens (tertiary/aromatic N) is 4. The van der Waals surface area contributed by atoms with Crippen LogP contribution in [0.25, 0.3) is 0 Å². The number of hydrogen-bond acceptors (Lipinski definition) is 5. The molecule has 3 heterocycles. The molecule has 2 aromatic rings. The van der Waals surface area contributed by atoms with Gasteiger partial charge in [0.2, 0.25) is 0 Å². The summed E-state index contributed by atoms with van der Waals surface area (Å²) in [7, 11) is 0. The van der Waals surface area contributed by atoms with Gasteiger partial charge < -0.3 is 4.90 Å². The summed E-state index contributed by atoms with van der Waals surface area (Å²) in [5, 5.41) is 9.15. The Balaban J connectivity index is 1.85. The summed E-state index contributed by atoms with van der Waals surface area (Å²) < 4.78 is 0. The number of hydrogen-bond donors (Lipinski definition) is 1. The van der Waals surface area contributed by atoms with E-state index in [1.54, 1.807) is 0 Å². The molecule has 18 heavy (non-hydrogen) atoms. The highest BCUT2D eigenvalue weighted by atomic mass is 32.1. The van der Waals surface area contributed by atoms with E-state index in [2.05, 4.69) is 20.2 Å². The number of likely N-dealkylation sites (tertiary alicyclic amines) is 1. The van der Waals surface area contributed by atoms with Crippen LogP contribution in [0.15, 0.2) is 11.7 Å². The van der Waals surface area contributed by atoms with Gasteiger partial charge in [0, 0.05) is 17.6 Å². The first-order chi connectivity index (χ1) is 8.75. The van der Waals surface area contributed by atoms with Crippen LogP contribution in [0, 0.1) is 6.92 Å². The summed E-state index contributed by atoms with van der Waals surface area (Å²) in [5.74, 6) is 0.751. The van der Waals surface area contributed by atoms with Crippen molar-refractivity contribution in [3.05, 3.63) is 28.2 Å². The van der Waals surface area contributed by atoms with Crippen LogP contribution < -0.4 is 0 Å². The molecule has 0 unspecified atom stereocenters. The Kier molecular flexibility index (Phi) is 2.83. The summed E-state index contributed by atoms with van der Waals surface area (Å²) in [6, 6.07) is 0.00389. The quantitative estimate of drug-likeness (QED) is 0.892. The first-order valence-corrected chi connectivity index (χ1v) is 6.72. The van der Waals surface area contributed by atoms with Gasteiger partial charge in [-0.1, -0.05) is 0 Å². The highest BCUT2D eigenvalue weighted by Gasteiger charge is 2.33. The normalized spacial score (nSPS) is 19.4. The first-order valence-electron chi connectivity index (χ1n) is 5.84. The fraction of sp³-hybridized carbons (Fsp3) is 0.455. The predicted molar refractivity (Wildman–Crippen MR) is 66.2 cm³/mol. The van der Waals surface area contributed by atoms with Crippen molar-refractivity contribution in [2.24, 2.45) is 0 Å². The minimum atomic E-state index is -0.00741. The largest absolute Gasteiger partial charge is 0.326 e. The zero-order valence-electron chi connectivity index (χ0n) is 9.96. The molecule has 1 amide bonds. The number of thiazole rings is 1. The Morgan fingerprint density at radius 1 is 1.61 bits per heavy atom. The van der Waals surface area contributed by atoms with Crippen LogP contribution in [0.2, 0.25) is 0 Å². The lowest BCUT2D eigenvalue weighted by atomic mass is 10.2. The zero-order chi connectivity index (χ0) is 12.5. The zero-order valence-corrected chi connectivity index (χ0v) is 10.8. The van der Waals surface area contributed by atoms with Gasteiger partial charge in [0.15, 0.2) is 5.01 Å². The average molecular weight is 263 g/mol. The fourth-order valence-electron chi connectivity index (χ4n) is 2.24. The van der Waals surface area contributed by atoms with Crippen molar-refractivity contribution >= 4 is 17.2 Å². The number of aromatic amines is 1. The van der Waals surface area contributed by atoms with Crippen molar-refractivity contribution < 1.29 is 4.79 Å². The number of aromatic nitrogens is 4. The molecule has 0 bridgehead atoms. The molecule has 0 radical (unpaired) electrons.